The minimum absolute atomic E-state index is 0.187. The molecule has 1 fully saturated rings. The molecule has 1 aliphatic carbocycles. The van der Waals surface area contributed by atoms with E-state index >= 15 is 0 Å². The summed E-state index contributed by atoms with van der Waals surface area (Å²) in [5.74, 6) is 1.37. The van der Waals surface area contributed by atoms with Crippen LogP contribution < -0.4 is 0 Å². The van der Waals surface area contributed by atoms with E-state index in [2.05, 4.69) is 31.2 Å². The first kappa shape index (κ1) is 22.9. The van der Waals surface area contributed by atoms with Crippen LogP contribution in [0.3, 0.4) is 0 Å². The smallest absolute Gasteiger partial charge is 0.313 e. The summed E-state index contributed by atoms with van der Waals surface area (Å²) in [7, 11) is 0. The van der Waals surface area contributed by atoms with Gasteiger partial charge in [0.25, 0.3) is 0 Å². The summed E-state index contributed by atoms with van der Waals surface area (Å²) in [5.41, 5.74) is 1.98. The first-order valence-corrected chi connectivity index (χ1v) is 11.3. The van der Waals surface area contributed by atoms with Crippen molar-refractivity contribution in [2.24, 2.45) is 11.3 Å². The van der Waals surface area contributed by atoms with Crippen LogP contribution in [0.15, 0.2) is 24.3 Å². The summed E-state index contributed by atoms with van der Waals surface area (Å²) in [6, 6.07) is 9.08. The van der Waals surface area contributed by atoms with Crippen molar-refractivity contribution in [1.82, 2.24) is 0 Å². The Labute approximate surface area is 171 Å². The highest BCUT2D eigenvalue weighted by atomic mass is 16.5. The Hall–Kier alpha value is -1.35. The SMILES string of the molecule is CCCCCC1CCC(c2ccc(CCCOC(=O)C(C)(C)CO)cc2)CC1. The average molecular weight is 389 g/mol. The lowest BCUT2D eigenvalue weighted by Gasteiger charge is -2.29. The zero-order valence-corrected chi connectivity index (χ0v) is 18.2. The predicted octanol–water partition coefficient (Wildman–Crippen LogP) is 6.04. The summed E-state index contributed by atoms with van der Waals surface area (Å²) in [6.07, 6.45) is 12.8. The molecule has 0 atom stereocenters. The standard InChI is InChI=1S/C25H40O3/c1-4-5-6-8-20-10-14-22(15-11-20)23-16-12-21(13-17-23)9-7-18-28-24(27)25(2,3)19-26/h12-13,16-17,20,22,26H,4-11,14-15,18-19H2,1-3H3. The lowest BCUT2D eigenvalue weighted by molar-refractivity contribution is -0.156. The van der Waals surface area contributed by atoms with Crippen LogP contribution in [-0.4, -0.2) is 24.3 Å². The van der Waals surface area contributed by atoms with Crippen molar-refractivity contribution in [3.63, 3.8) is 0 Å². The van der Waals surface area contributed by atoms with Crippen LogP contribution in [0.25, 0.3) is 0 Å². The van der Waals surface area contributed by atoms with Crippen LogP contribution in [0.2, 0.25) is 0 Å². The van der Waals surface area contributed by atoms with Crippen molar-refractivity contribution in [3.05, 3.63) is 35.4 Å². The number of aliphatic hydroxyl groups is 1. The number of ether oxygens (including phenoxy) is 1. The highest BCUT2D eigenvalue weighted by Crippen LogP contribution is 2.37. The third kappa shape index (κ3) is 7.24. The van der Waals surface area contributed by atoms with Gasteiger partial charge in [0.2, 0.25) is 0 Å². The van der Waals surface area contributed by atoms with Crippen LogP contribution in [0.1, 0.15) is 95.6 Å². The number of unbranched alkanes of at least 4 members (excludes halogenated alkanes) is 2. The van der Waals surface area contributed by atoms with Gasteiger partial charge < -0.3 is 9.84 Å². The largest absolute Gasteiger partial charge is 0.465 e. The van der Waals surface area contributed by atoms with Crippen LogP contribution in [-0.2, 0) is 16.0 Å². The van der Waals surface area contributed by atoms with Gasteiger partial charge in [-0.1, -0.05) is 56.9 Å². The summed E-state index contributed by atoms with van der Waals surface area (Å²) in [6.45, 7) is 5.91. The fraction of sp³-hybridized carbons (Fsp3) is 0.720. The minimum Gasteiger partial charge on any atom is -0.465 e. The molecule has 1 N–H and O–H groups in total. The van der Waals surface area contributed by atoms with E-state index in [9.17, 15) is 9.90 Å². The summed E-state index contributed by atoms with van der Waals surface area (Å²) >= 11 is 0. The van der Waals surface area contributed by atoms with Gasteiger partial charge in [0, 0.05) is 0 Å². The molecule has 0 aliphatic heterocycles. The molecule has 3 heteroatoms. The van der Waals surface area contributed by atoms with Gasteiger partial charge in [-0.25, -0.2) is 0 Å². The maximum absolute atomic E-state index is 11.8. The van der Waals surface area contributed by atoms with Crippen molar-refractivity contribution in [1.29, 1.82) is 0 Å². The Morgan fingerprint density at radius 3 is 2.36 bits per heavy atom. The minimum atomic E-state index is -0.809. The van der Waals surface area contributed by atoms with Crippen LogP contribution in [0.5, 0.6) is 0 Å². The monoisotopic (exact) mass is 388 g/mol. The van der Waals surface area contributed by atoms with Gasteiger partial charge in [-0.05, 0) is 75.3 Å². The number of aryl methyl sites for hydroxylation is 1. The molecule has 0 aromatic heterocycles. The Bertz CT molecular complexity index is 568. The highest BCUT2D eigenvalue weighted by molar-refractivity contribution is 5.75. The number of hydrogen-bond donors (Lipinski definition) is 1. The molecule has 0 heterocycles. The molecule has 0 unspecified atom stereocenters. The van der Waals surface area contributed by atoms with Gasteiger partial charge in [-0.15, -0.1) is 0 Å². The van der Waals surface area contributed by atoms with Crippen molar-refractivity contribution in [2.75, 3.05) is 13.2 Å². The second-order valence-electron chi connectivity index (χ2n) is 9.24. The van der Waals surface area contributed by atoms with E-state index in [0.717, 1.165) is 24.7 Å². The highest BCUT2D eigenvalue weighted by Gasteiger charge is 2.28. The number of benzene rings is 1. The molecule has 158 valence electrons. The molecule has 2 rings (SSSR count). The van der Waals surface area contributed by atoms with E-state index < -0.39 is 5.41 Å². The summed E-state index contributed by atoms with van der Waals surface area (Å²) in [4.78, 5) is 11.8. The first-order valence-electron chi connectivity index (χ1n) is 11.3. The Morgan fingerprint density at radius 2 is 1.75 bits per heavy atom. The first-order chi connectivity index (χ1) is 13.5. The van der Waals surface area contributed by atoms with Gasteiger partial charge >= 0.3 is 5.97 Å². The molecule has 0 radical (unpaired) electrons. The molecule has 1 aromatic carbocycles. The molecular weight excluding hydrogens is 348 g/mol. The fourth-order valence-corrected chi connectivity index (χ4v) is 4.13. The molecule has 0 bridgehead atoms. The maximum Gasteiger partial charge on any atom is 0.313 e. The van der Waals surface area contributed by atoms with Crippen LogP contribution >= 0.6 is 0 Å². The Kier molecular flexibility index (Phi) is 9.50. The van der Waals surface area contributed by atoms with Gasteiger partial charge in [0.05, 0.1) is 18.6 Å². The molecule has 0 amide bonds. The summed E-state index contributed by atoms with van der Waals surface area (Å²) < 4.78 is 5.28. The third-order valence-corrected chi connectivity index (χ3v) is 6.30. The van der Waals surface area contributed by atoms with E-state index in [4.69, 9.17) is 4.74 Å². The number of rotatable bonds is 11. The molecule has 1 saturated carbocycles. The molecule has 3 nitrogen and oxygen atoms in total. The van der Waals surface area contributed by atoms with E-state index in [1.807, 2.05) is 0 Å². The Balaban J connectivity index is 1.69. The molecule has 0 spiro atoms. The van der Waals surface area contributed by atoms with Gasteiger partial charge in [-0.3, -0.25) is 4.79 Å². The quantitative estimate of drug-likeness (QED) is 0.371. The van der Waals surface area contributed by atoms with Crippen molar-refractivity contribution >= 4 is 5.97 Å². The Morgan fingerprint density at radius 1 is 1.07 bits per heavy atom. The molecule has 28 heavy (non-hydrogen) atoms. The third-order valence-electron chi connectivity index (χ3n) is 6.30. The van der Waals surface area contributed by atoms with E-state index in [1.54, 1.807) is 13.8 Å². The lowest BCUT2D eigenvalue weighted by atomic mass is 9.77. The molecule has 1 aromatic rings. The van der Waals surface area contributed by atoms with Crippen molar-refractivity contribution in [3.8, 4) is 0 Å². The average Bonchev–Trinajstić information content (AvgIpc) is 2.72. The van der Waals surface area contributed by atoms with E-state index in [-0.39, 0.29) is 12.6 Å². The van der Waals surface area contributed by atoms with Crippen molar-refractivity contribution < 1.29 is 14.6 Å². The van der Waals surface area contributed by atoms with E-state index in [1.165, 1.54) is 62.5 Å². The van der Waals surface area contributed by atoms with Gasteiger partial charge in [0.15, 0.2) is 0 Å². The van der Waals surface area contributed by atoms with Crippen LogP contribution in [0, 0.1) is 11.3 Å². The molecule has 1 aliphatic rings. The normalized spacial score (nSPS) is 20.1. The lowest BCUT2D eigenvalue weighted by Crippen LogP contribution is -2.30. The van der Waals surface area contributed by atoms with Gasteiger partial charge in [-0.2, -0.15) is 0 Å². The van der Waals surface area contributed by atoms with Crippen molar-refractivity contribution in [2.45, 2.75) is 90.9 Å². The zero-order valence-electron chi connectivity index (χ0n) is 18.2. The maximum atomic E-state index is 11.8. The number of carbonyl (C=O) groups is 1. The number of hydrogen-bond acceptors (Lipinski definition) is 3. The van der Waals surface area contributed by atoms with Gasteiger partial charge in [0.1, 0.15) is 0 Å². The topological polar surface area (TPSA) is 46.5 Å². The number of esters is 1. The second kappa shape index (κ2) is 11.6. The van der Waals surface area contributed by atoms with E-state index in [0.29, 0.717) is 6.61 Å². The number of aliphatic hydroxyl groups excluding tert-OH is 1. The summed E-state index contributed by atoms with van der Waals surface area (Å²) in [5, 5.41) is 9.19. The zero-order chi connectivity index (χ0) is 20.4. The number of carbonyl (C=O) groups excluding carboxylic acids is 1. The fourth-order valence-electron chi connectivity index (χ4n) is 4.13. The molecule has 0 saturated heterocycles. The van der Waals surface area contributed by atoms with Crippen LogP contribution in [0.4, 0.5) is 0 Å². The predicted molar refractivity (Wildman–Crippen MR) is 115 cm³/mol. The molecular formula is C25H40O3. The second-order valence-corrected chi connectivity index (χ2v) is 9.24.